The first kappa shape index (κ1) is 29.2. The fraction of sp³-hybridized carbons (Fsp3) is 0.382. The number of aliphatic carboxylic acids is 1. The minimum atomic E-state index is -0.917. The first-order valence-corrected chi connectivity index (χ1v) is 14.6. The lowest BCUT2D eigenvalue weighted by Gasteiger charge is -2.39. The summed E-state index contributed by atoms with van der Waals surface area (Å²) in [5, 5.41) is 12.2. The average molecular weight is 567 g/mol. The van der Waals surface area contributed by atoms with Crippen molar-refractivity contribution in [1.29, 1.82) is 0 Å². The molecule has 3 aromatic rings. The molecular formula is C34H38N4O4. The Hall–Kier alpha value is -4.33. The van der Waals surface area contributed by atoms with Gasteiger partial charge in [0, 0.05) is 48.6 Å². The van der Waals surface area contributed by atoms with Crippen LogP contribution in [0.2, 0.25) is 0 Å². The van der Waals surface area contributed by atoms with Crippen LogP contribution < -0.4 is 5.32 Å². The van der Waals surface area contributed by atoms with Gasteiger partial charge in [-0.3, -0.25) is 14.4 Å². The summed E-state index contributed by atoms with van der Waals surface area (Å²) in [5.74, 6) is -1.49. The molecule has 0 radical (unpaired) electrons. The zero-order valence-corrected chi connectivity index (χ0v) is 24.5. The number of nitrogens with zero attached hydrogens (tertiary/aromatic N) is 3. The Balaban J connectivity index is 1.30. The van der Waals surface area contributed by atoms with E-state index in [1.807, 2.05) is 48.8 Å². The minimum absolute atomic E-state index is 0.0438. The summed E-state index contributed by atoms with van der Waals surface area (Å²) in [6, 6.07) is 14.2. The molecule has 1 aromatic heterocycles. The second-order valence-electron chi connectivity index (χ2n) is 12.3. The molecule has 0 bridgehead atoms. The van der Waals surface area contributed by atoms with Gasteiger partial charge in [-0.15, -0.1) is 0 Å². The number of carboxylic acids is 1. The van der Waals surface area contributed by atoms with Crippen LogP contribution in [0.15, 0.2) is 67.0 Å². The standard InChI is InChI=1S/C34H38N4O4/c1-34(2,3)28-15-13-25(14-16-28)31(39)37-29(32(40)38-20-27(21-38)33(41)42)17-22-9-11-24(12-10-22)30-35-18-26(19-36-30)23-7-5-4-6-8-23/h7,9-16,18-19,27,29H,4-6,8,17,20-21H2,1-3H3,(H,37,39)(H,41,42). The molecule has 1 unspecified atom stereocenters. The van der Waals surface area contributed by atoms with Crippen LogP contribution in [0.1, 0.15) is 73.5 Å². The Bertz CT molecular complexity index is 1470. The average Bonchev–Trinajstić information content (AvgIpc) is 2.96. The fourth-order valence-corrected chi connectivity index (χ4v) is 5.37. The quantitative estimate of drug-likeness (QED) is 0.384. The maximum absolute atomic E-state index is 13.4. The highest BCUT2D eigenvalue weighted by molar-refractivity contribution is 5.98. The molecule has 42 heavy (non-hydrogen) atoms. The van der Waals surface area contributed by atoms with Gasteiger partial charge in [-0.25, -0.2) is 9.97 Å². The molecule has 1 aliphatic heterocycles. The SMILES string of the molecule is CC(C)(C)c1ccc(C(=O)NC(Cc2ccc(-c3ncc(C4=CCCCC4)cn3)cc2)C(=O)N2CC(C(=O)O)C2)cc1. The Kier molecular flexibility index (Phi) is 8.52. The summed E-state index contributed by atoms with van der Waals surface area (Å²) in [7, 11) is 0. The van der Waals surface area contributed by atoms with Crippen LogP contribution >= 0.6 is 0 Å². The number of carbonyl (C=O) groups excluding carboxylic acids is 2. The van der Waals surface area contributed by atoms with E-state index in [1.54, 1.807) is 12.1 Å². The number of benzene rings is 2. The number of likely N-dealkylation sites (tertiary alicyclic amines) is 1. The highest BCUT2D eigenvalue weighted by Crippen LogP contribution is 2.27. The van der Waals surface area contributed by atoms with E-state index in [-0.39, 0.29) is 36.7 Å². The summed E-state index contributed by atoms with van der Waals surface area (Å²) < 4.78 is 0. The van der Waals surface area contributed by atoms with E-state index in [1.165, 1.54) is 23.3 Å². The van der Waals surface area contributed by atoms with E-state index in [0.717, 1.165) is 35.1 Å². The summed E-state index contributed by atoms with van der Waals surface area (Å²) in [4.78, 5) is 48.6. The number of nitrogens with one attached hydrogen (secondary N) is 1. The molecule has 218 valence electrons. The van der Waals surface area contributed by atoms with Gasteiger partial charge in [0.1, 0.15) is 6.04 Å². The molecule has 2 aromatic carbocycles. The van der Waals surface area contributed by atoms with E-state index in [9.17, 15) is 19.5 Å². The van der Waals surface area contributed by atoms with Crippen molar-refractivity contribution in [3.63, 3.8) is 0 Å². The van der Waals surface area contributed by atoms with Crippen LogP contribution in [0, 0.1) is 5.92 Å². The first-order valence-electron chi connectivity index (χ1n) is 14.6. The molecule has 2 heterocycles. The number of amides is 2. The van der Waals surface area contributed by atoms with Gasteiger partial charge in [-0.2, -0.15) is 0 Å². The van der Waals surface area contributed by atoms with Crippen LogP contribution in [0.5, 0.6) is 0 Å². The van der Waals surface area contributed by atoms with Crippen molar-refractivity contribution < 1.29 is 19.5 Å². The van der Waals surface area contributed by atoms with E-state index in [0.29, 0.717) is 11.4 Å². The number of allylic oxidation sites excluding steroid dienone is 2. The van der Waals surface area contributed by atoms with Crippen LogP contribution in [0.25, 0.3) is 17.0 Å². The molecule has 5 rings (SSSR count). The Morgan fingerprint density at radius 3 is 2.19 bits per heavy atom. The van der Waals surface area contributed by atoms with Crippen LogP contribution in [-0.4, -0.2) is 56.9 Å². The van der Waals surface area contributed by atoms with Crippen LogP contribution in [0.3, 0.4) is 0 Å². The highest BCUT2D eigenvalue weighted by Gasteiger charge is 2.38. The minimum Gasteiger partial charge on any atom is -0.481 e. The van der Waals surface area contributed by atoms with Gasteiger partial charge >= 0.3 is 5.97 Å². The van der Waals surface area contributed by atoms with E-state index >= 15 is 0 Å². The van der Waals surface area contributed by atoms with Gasteiger partial charge in [0.15, 0.2) is 5.82 Å². The lowest BCUT2D eigenvalue weighted by Crippen LogP contribution is -2.59. The van der Waals surface area contributed by atoms with Crippen LogP contribution in [-0.2, 0) is 21.4 Å². The Morgan fingerprint density at radius 2 is 1.62 bits per heavy atom. The summed E-state index contributed by atoms with van der Waals surface area (Å²) in [6.07, 6.45) is 10.9. The zero-order valence-electron chi connectivity index (χ0n) is 24.5. The zero-order chi connectivity index (χ0) is 29.9. The Labute approximate surface area is 246 Å². The predicted molar refractivity (Wildman–Crippen MR) is 162 cm³/mol. The van der Waals surface area contributed by atoms with E-state index in [2.05, 4.69) is 42.1 Å². The molecule has 1 aliphatic carbocycles. The molecule has 0 spiro atoms. The lowest BCUT2D eigenvalue weighted by molar-refractivity contribution is -0.153. The molecule has 1 atom stereocenters. The molecule has 1 fully saturated rings. The van der Waals surface area contributed by atoms with Crippen molar-refractivity contribution in [3.05, 3.63) is 89.3 Å². The third kappa shape index (κ3) is 6.75. The first-order chi connectivity index (χ1) is 20.1. The van der Waals surface area contributed by atoms with Crippen molar-refractivity contribution in [2.45, 2.75) is 64.3 Å². The number of hydrogen-bond acceptors (Lipinski definition) is 5. The molecule has 8 nitrogen and oxygen atoms in total. The molecule has 2 amide bonds. The van der Waals surface area contributed by atoms with Crippen molar-refractivity contribution >= 4 is 23.4 Å². The molecule has 2 N–H and O–H groups in total. The predicted octanol–water partition coefficient (Wildman–Crippen LogP) is 5.28. The van der Waals surface area contributed by atoms with Crippen LogP contribution in [0.4, 0.5) is 0 Å². The number of carbonyl (C=O) groups is 3. The summed E-state index contributed by atoms with van der Waals surface area (Å²) >= 11 is 0. The maximum Gasteiger partial charge on any atom is 0.310 e. The molecule has 8 heteroatoms. The number of carboxylic acid groups (broad SMARTS) is 1. The van der Waals surface area contributed by atoms with Crippen molar-refractivity contribution in [3.8, 4) is 11.4 Å². The third-order valence-electron chi connectivity index (χ3n) is 8.12. The molecular weight excluding hydrogens is 528 g/mol. The summed E-state index contributed by atoms with van der Waals surface area (Å²) in [5.41, 5.74) is 5.63. The van der Waals surface area contributed by atoms with Gasteiger partial charge < -0.3 is 15.3 Å². The molecule has 1 saturated heterocycles. The third-order valence-corrected chi connectivity index (χ3v) is 8.12. The monoisotopic (exact) mass is 566 g/mol. The van der Waals surface area contributed by atoms with E-state index in [4.69, 9.17) is 0 Å². The maximum atomic E-state index is 13.4. The van der Waals surface area contributed by atoms with Crippen molar-refractivity contribution in [2.75, 3.05) is 13.1 Å². The second-order valence-corrected chi connectivity index (χ2v) is 12.3. The Morgan fingerprint density at radius 1 is 0.952 bits per heavy atom. The number of aromatic nitrogens is 2. The highest BCUT2D eigenvalue weighted by atomic mass is 16.4. The van der Waals surface area contributed by atoms with Crippen molar-refractivity contribution in [2.24, 2.45) is 5.92 Å². The summed E-state index contributed by atoms with van der Waals surface area (Å²) in [6.45, 7) is 6.61. The van der Waals surface area contributed by atoms with Crippen molar-refractivity contribution in [1.82, 2.24) is 20.2 Å². The largest absolute Gasteiger partial charge is 0.481 e. The lowest BCUT2D eigenvalue weighted by atomic mass is 9.86. The number of rotatable bonds is 8. The number of hydrogen-bond donors (Lipinski definition) is 2. The normalized spacial score (nSPS) is 16.3. The van der Waals surface area contributed by atoms with Gasteiger partial charge in [0.05, 0.1) is 5.92 Å². The van der Waals surface area contributed by atoms with Gasteiger partial charge in [-0.05, 0) is 59.9 Å². The van der Waals surface area contributed by atoms with E-state index < -0.39 is 17.9 Å². The molecule has 0 saturated carbocycles. The van der Waals surface area contributed by atoms with Gasteiger partial charge in [-0.1, -0.05) is 63.2 Å². The van der Waals surface area contributed by atoms with Gasteiger partial charge in [0.25, 0.3) is 5.91 Å². The second kappa shape index (κ2) is 12.3. The van der Waals surface area contributed by atoms with Gasteiger partial charge in [0.2, 0.25) is 5.91 Å². The molecule has 2 aliphatic rings. The smallest absolute Gasteiger partial charge is 0.310 e. The topological polar surface area (TPSA) is 112 Å². The fourth-order valence-electron chi connectivity index (χ4n) is 5.37.